The monoisotopic (exact) mass is 469 g/mol. The molecule has 0 atom stereocenters. The van der Waals surface area contributed by atoms with Gasteiger partial charge in [0.2, 0.25) is 0 Å². The van der Waals surface area contributed by atoms with Crippen LogP contribution in [0.25, 0.3) is 33.1 Å². The van der Waals surface area contributed by atoms with Crippen molar-refractivity contribution in [2.24, 2.45) is 0 Å². The average Bonchev–Trinajstić information content (AvgIpc) is 3.37. The van der Waals surface area contributed by atoms with E-state index in [9.17, 15) is 14.9 Å². The molecule has 2 heterocycles. The van der Waals surface area contributed by atoms with Crippen molar-refractivity contribution in [2.75, 3.05) is 7.11 Å². The number of carbonyl (C=O) groups excluding carboxylic acids is 1. The molecule has 0 saturated heterocycles. The number of benzene rings is 3. The maximum atomic E-state index is 13.0. The molecule has 0 aliphatic rings. The summed E-state index contributed by atoms with van der Waals surface area (Å²) in [5.41, 5.74) is 2.24. The standard InChI is InChI=1S/C26H19N3O4S/c1-16-15-28-21(10-11-23(30)19-8-7-17-5-3-4-6-18(17)13-19)25(27-26(28)34-16)20-9-12-24(33-2)22(14-20)29(31)32/h3-15H,1-2H3/b11-10+. The molecular weight excluding hydrogens is 450 g/mol. The predicted molar refractivity (Wildman–Crippen MR) is 134 cm³/mol. The third-order valence-electron chi connectivity index (χ3n) is 5.55. The van der Waals surface area contributed by atoms with Gasteiger partial charge in [-0.25, -0.2) is 4.98 Å². The van der Waals surface area contributed by atoms with E-state index in [1.54, 1.807) is 18.2 Å². The van der Waals surface area contributed by atoms with Crippen LogP contribution in [0, 0.1) is 17.0 Å². The Kier molecular flexibility index (Phi) is 5.43. The van der Waals surface area contributed by atoms with Gasteiger partial charge in [0.05, 0.1) is 23.4 Å². The van der Waals surface area contributed by atoms with Crippen LogP contribution in [0.15, 0.2) is 72.9 Å². The van der Waals surface area contributed by atoms with E-state index in [-0.39, 0.29) is 17.2 Å². The van der Waals surface area contributed by atoms with Gasteiger partial charge in [-0.2, -0.15) is 0 Å². The van der Waals surface area contributed by atoms with E-state index in [1.165, 1.54) is 30.6 Å². The molecule has 0 aliphatic heterocycles. The summed E-state index contributed by atoms with van der Waals surface area (Å²) < 4.78 is 7.02. The number of carbonyl (C=O) groups is 1. The van der Waals surface area contributed by atoms with Crippen molar-refractivity contribution in [3.05, 3.63) is 99.2 Å². The minimum Gasteiger partial charge on any atom is -0.490 e. The van der Waals surface area contributed by atoms with Gasteiger partial charge in [0.15, 0.2) is 16.5 Å². The number of nitro benzene ring substituents is 1. The number of ether oxygens (including phenoxy) is 1. The first kappa shape index (κ1) is 21.5. The normalized spacial score (nSPS) is 11.5. The van der Waals surface area contributed by atoms with E-state index in [0.29, 0.717) is 22.5 Å². The summed E-state index contributed by atoms with van der Waals surface area (Å²) in [6.07, 6.45) is 5.17. The zero-order valence-corrected chi connectivity index (χ0v) is 19.2. The maximum absolute atomic E-state index is 13.0. The fraction of sp³-hybridized carbons (Fsp3) is 0.0769. The number of aromatic nitrogens is 2. The highest BCUT2D eigenvalue weighted by atomic mass is 32.1. The zero-order valence-electron chi connectivity index (χ0n) is 18.4. The summed E-state index contributed by atoms with van der Waals surface area (Å²) >= 11 is 1.51. The molecule has 5 aromatic rings. The summed E-state index contributed by atoms with van der Waals surface area (Å²) in [5.74, 6) is 0.0357. The topological polar surface area (TPSA) is 86.7 Å². The summed E-state index contributed by atoms with van der Waals surface area (Å²) in [7, 11) is 1.39. The van der Waals surface area contributed by atoms with Crippen molar-refractivity contribution in [1.29, 1.82) is 0 Å². The third kappa shape index (κ3) is 3.84. The van der Waals surface area contributed by atoms with Crippen molar-refractivity contribution in [3.63, 3.8) is 0 Å². The first-order valence-electron chi connectivity index (χ1n) is 10.5. The summed E-state index contributed by atoms with van der Waals surface area (Å²) in [6.45, 7) is 1.98. The predicted octanol–water partition coefficient (Wildman–Crippen LogP) is 6.34. The Morgan fingerprint density at radius 3 is 2.68 bits per heavy atom. The average molecular weight is 470 g/mol. The fourth-order valence-corrected chi connectivity index (χ4v) is 4.75. The second-order valence-corrected chi connectivity index (χ2v) is 8.96. The highest BCUT2D eigenvalue weighted by Gasteiger charge is 2.20. The van der Waals surface area contributed by atoms with E-state index in [4.69, 9.17) is 9.72 Å². The van der Waals surface area contributed by atoms with Crippen LogP contribution in [0.3, 0.4) is 0 Å². The minimum atomic E-state index is -0.482. The number of hydrogen-bond acceptors (Lipinski definition) is 6. The Balaban J connectivity index is 1.58. The fourth-order valence-electron chi connectivity index (χ4n) is 3.92. The molecule has 0 aliphatic carbocycles. The molecule has 5 rings (SSSR count). The number of hydrogen-bond donors (Lipinski definition) is 0. The van der Waals surface area contributed by atoms with Crippen LogP contribution in [0.4, 0.5) is 5.69 Å². The molecule has 0 bridgehead atoms. The van der Waals surface area contributed by atoms with Crippen LogP contribution in [-0.2, 0) is 0 Å². The molecule has 0 fully saturated rings. The molecule has 168 valence electrons. The van der Waals surface area contributed by atoms with Gasteiger partial charge in [0.25, 0.3) is 0 Å². The van der Waals surface area contributed by atoms with Crippen LogP contribution >= 0.6 is 11.3 Å². The molecule has 2 aromatic heterocycles. The van der Waals surface area contributed by atoms with Gasteiger partial charge >= 0.3 is 5.69 Å². The molecular formula is C26H19N3O4S. The Morgan fingerprint density at radius 1 is 1.12 bits per heavy atom. The van der Waals surface area contributed by atoms with Gasteiger partial charge in [-0.3, -0.25) is 19.3 Å². The molecule has 0 saturated carbocycles. The zero-order chi connectivity index (χ0) is 23.8. The molecule has 0 radical (unpaired) electrons. The van der Waals surface area contributed by atoms with E-state index in [2.05, 4.69) is 0 Å². The van der Waals surface area contributed by atoms with Gasteiger partial charge in [-0.15, -0.1) is 11.3 Å². The molecule has 34 heavy (non-hydrogen) atoms. The lowest BCUT2D eigenvalue weighted by Crippen LogP contribution is -1.96. The van der Waals surface area contributed by atoms with E-state index in [1.807, 2.05) is 60.0 Å². The number of rotatable bonds is 6. The maximum Gasteiger partial charge on any atom is 0.311 e. The number of imidazole rings is 1. The van der Waals surface area contributed by atoms with Crippen LogP contribution in [0.2, 0.25) is 0 Å². The van der Waals surface area contributed by atoms with E-state index < -0.39 is 4.92 Å². The first-order valence-corrected chi connectivity index (χ1v) is 11.3. The molecule has 0 spiro atoms. The van der Waals surface area contributed by atoms with Crippen LogP contribution in [0.1, 0.15) is 20.9 Å². The molecule has 0 N–H and O–H groups in total. The summed E-state index contributed by atoms with van der Waals surface area (Å²) in [4.78, 5) is 30.5. The van der Waals surface area contributed by atoms with Crippen LogP contribution in [0.5, 0.6) is 5.75 Å². The minimum absolute atomic E-state index is 0.140. The molecule has 0 unspecified atom stereocenters. The molecule has 0 amide bonds. The molecule has 8 heteroatoms. The Bertz CT molecular complexity index is 1610. The van der Waals surface area contributed by atoms with Crippen molar-refractivity contribution in [2.45, 2.75) is 6.92 Å². The quantitative estimate of drug-likeness (QED) is 0.125. The number of ketones is 1. The second kappa shape index (κ2) is 8.57. The highest BCUT2D eigenvalue weighted by Crippen LogP contribution is 2.35. The second-order valence-electron chi connectivity index (χ2n) is 7.74. The lowest BCUT2D eigenvalue weighted by Gasteiger charge is -2.05. The van der Waals surface area contributed by atoms with Crippen molar-refractivity contribution >= 4 is 44.6 Å². The Labute approximate surface area is 198 Å². The summed E-state index contributed by atoms with van der Waals surface area (Å²) in [6, 6.07) is 18.2. The SMILES string of the molecule is COc1ccc(-c2nc3sc(C)cn3c2/C=C/C(=O)c2ccc3ccccc3c2)cc1[N+](=O)[O-]. The van der Waals surface area contributed by atoms with Crippen molar-refractivity contribution < 1.29 is 14.5 Å². The van der Waals surface area contributed by atoms with Crippen molar-refractivity contribution in [1.82, 2.24) is 9.38 Å². The Morgan fingerprint density at radius 2 is 1.91 bits per heavy atom. The molecule has 7 nitrogen and oxygen atoms in total. The number of methoxy groups -OCH3 is 1. The number of allylic oxidation sites excluding steroid dienone is 1. The Hall–Kier alpha value is -4.30. The van der Waals surface area contributed by atoms with Gasteiger partial charge in [-0.1, -0.05) is 36.4 Å². The van der Waals surface area contributed by atoms with Crippen LogP contribution in [-0.4, -0.2) is 27.2 Å². The van der Waals surface area contributed by atoms with E-state index >= 15 is 0 Å². The number of aryl methyl sites for hydroxylation is 1. The van der Waals surface area contributed by atoms with Gasteiger partial charge < -0.3 is 4.74 Å². The van der Waals surface area contributed by atoms with Gasteiger partial charge in [-0.05, 0) is 48.0 Å². The summed E-state index contributed by atoms with van der Waals surface area (Å²) in [5, 5.41) is 13.6. The largest absolute Gasteiger partial charge is 0.490 e. The third-order valence-corrected chi connectivity index (χ3v) is 6.45. The number of nitro groups is 1. The highest BCUT2D eigenvalue weighted by molar-refractivity contribution is 7.17. The molecule has 3 aromatic carbocycles. The van der Waals surface area contributed by atoms with Gasteiger partial charge in [0.1, 0.15) is 0 Å². The smallest absolute Gasteiger partial charge is 0.311 e. The number of thiazole rings is 1. The van der Waals surface area contributed by atoms with Crippen LogP contribution < -0.4 is 4.74 Å². The van der Waals surface area contributed by atoms with Gasteiger partial charge in [0, 0.05) is 28.3 Å². The first-order chi connectivity index (χ1) is 16.4. The lowest BCUT2D eigenvalue weighted by molar-refractivity contribution is -0.385. The number of nitrogens with zero attached hydrogens (tertiary/aromatic N) is 3. The lowest BCUT2D eigenvalue weighted by atomic mass is 10.0. The van der Waals surface area contributed by atoms with E-state index in [0.717, 1.165) is 20.6 Å². The number of fused-ring (bicyclic) bond motifs is 2. The van der Waals surface area contributed by atoms with Crippen molar-refractivity contribution in [3.8, 4) is 17.0 Å².